The zero-order valence-corrected chi connectivity index (χ0v) is 17.0. The number of hydrogen-bond acceptors (Lipinski definition) is 5. The largest absolute Gasteiger partial charge is 0.480 e. The Morgan fingerprint density at radius 2 is 1.63 bits per heavy atom. The first kappa shape index (κ1) is 19.1. The third kappa shape index (κ3) is 4.02. The fraction of sp³-hybridized carbons (Fsp3) is 0.100. The van der Waals surface area contributed by atoms with E-state index < -0.39 is 9.84 Å². The highest BCUT2D eigenvalue weighted by molar-refractivity contribution is 9.10. The van der Waals surface area contributed by atoms with Crippen molar-refractivity contribution in [2.75, 3.05) is 13.4 Å². The minimum Gasteiger partial charge on any atom is -0.480 e. The number of rotatable bonds is 4. The van der Waals surface area contributed by atoms with Crippen molar-refractivity contribution in [3.05, 3.63) is 64.6 Å². The quantitative estimate of drug-likeness (QED) is 0.595. The van der Waals surface area contributed by atoms with Crippen molar-refractivity contribution in [2.45, 2.75) is 4.90 Å². The first-order valence-corrected chi connectivity index (χ1v) is 10.6. The summed E-state index contributed by atoms with van der Waals surface area (Å²) in [5, 5.41) is 9.41. The number of nitrogens with zero attached hydrogens (tertiary/aromatic N) is 2. The van der Waals surface area contributed by atoms with Crippen molar-refractivity contribution in [2.24, 2.45) is 0 Å². The van der Waals surface area contributed by atoms with E-state index in [9.17, 15) is 13.7 Å². The van der Waals surface area contributed by atoms with Gasteiger partial charge in [0.1, 0.15) is 11.6 Å². The van der Waals surface area contributed by atoms with Gasteiger partial charge in [0.2, 0.25) is 5.88 Å². The second-order valence-corrected chi connectivity index (χ2v) is 8.79. The molecule has 3 aromatic rings. The van der Waals surface area contributed by atoms with Crippen molar-refractivity contribution in [1.82, 2.24) is 4.98 Å². The van der Waals surface area contributed by atoms with Gasteiger partial charge in [-0.1, -0.05) is 40.2 Å². The summed E-state index contributed by atoms with van der Waals surface area (Å²) in [5.41, 5.74) is 3.27. The summed E-state index contributed by atoms with van der Waals surface area (Å²) in [6, 6.07) is 17.9. The summed E-state index contributed by atoms with van der Waals surface area (Å²) in [6.07, 6.45) is 1.16. The minimum atomic E-state index is -3.29. The fourth-order valence-corrected chi connectivity index (χ4v) is 3.56. The summed E-state index contributed by atoms with van der Waals surface area (Å²) in [6.45, 7) is 0. The lowest BCUT2D eigenvalue weighted by Crippen LogP contribution is -1.99. The molecule has 5 nitrogen and oxygen atoms in total. The second-order valence-electron chi connectivity index (χ2n) is 5.86. The minimum absolute atomic E-state index is 0.235. The molecule has 0 amide bonds. The van der Waals surface area contributed by atoms with Crippen molar-refractivity contribution < 1.29 is 13.2 Å². The number of ether oxygens (including phenoxy) is 1. The molecule has 27 heavy (non-hydrogen) atoms. The predicted molar refractivity (Wildman–Crippen MR) is 107 cm³/mol. The van der Waals surface area contributed by atoms with Gasteiger partial charge < -0.3 is 4.74 Å². The summed E-state index contributed by atoms with van der Waals surface area (Å²) in [7, 11) is -1.82. The zero-order valence-electron chi connectivity index (χ0n) is 14.6. The highest BCUT2D eigenvalue weighted by Gasteiger charge is 2.16. The lowest BCUT2D eigenvalue weighted by atomic mass is 9.98. The first-order chi connectivity index (χ1) is 12.8. The van der Waals surface area contributed by atoms with E-state index in [4.69, 9.17) is 4.74 Å². The van der Waals surface area contributed by atoms with Gasteiger partial charge in [0, 0.05) is 21.9 Å². The van der Waals surface area contributed by atoms with E-state index in [2.05, 4.69) is 27.0 Å². The van der Waals surface area contributed by atoms with Crippen LogP contribution < -0.4 is 4.74 Å². The Kier molecular flexibility index (Phi) is 5.31. The Bertz CT molecular complexity index is 1130. The molecule has 0 aliphatic heterocycles. The Hall–Kier alpha value is -2.69. The van der Waals surface area contributed by atoms with Gasteiger partial charge in [-0.3, -0.25) is 0 Å². The third-order valence-electron chi connectivity index (χ3n) is 4.01. The van der Waals surface area contributed by atoms with Crippen LogP contribution in [0.15, 0.2) is 64.0 Å². The van der Waals surface area contributed by atoms with Crippen LogP contribution in [0.4, 0.5) is 0 Å². The molecule has 1 heterocycles. The maximum absolute atomic E-state index is 11.7. The van der Waals surface area contributed by atoms with Crippen LogP contribution in [0.5, 0.6) is 5.88 Å². The van der Waals surface area contributed by atoms with Crippen molar-refractivity contribution in [3.8, 4) is 34.3 Å². The zero-order chi connectivity index (χ0) is 19.6. The average molecular weight is 443 g/mol. The number of methoxy groups -OCH3 is 1. The van der Waals surface area contributed by atoms with Crippen molar-refractivity contribution in [1.29, 1.82) is 5.26 Å². The molecule has 1 aromatic heterocycles. The van der Waals surface area contributed by atoms with Gasteiger partial charge in [-0.25, -0.2) is 13.4 Å². The normalized spacial score (nSPS) is 11.0. The Morgan fingerprint density at radius 1 is 1.04 bits per heavy atom. The van der Waals surface area contributed by atoms with Gasteiger partial charge in [-0.05, 0) is 35.9 Å². The van der Waals surface area contributed by atoms with E-state index in [0.29, 0.717) is 11.3 Å². The molecule has 0 spiro atoms. The molecule has 0 bridgehead atoms. The van der Waals surface area contributed by atoms with E-state index in [0.717, 1.165) is 27.4 Å². The maximum atomic E-state index is 11.7. The number of sulfone groups is 1. The monoisotopic (exact) mass is 442 g/mol. The SMILES string of the molecule is COc1nc(-c2ccc(Br)cc2)c(-c2ccc(S(C)(=O)=O)cc2)cc1C#N. The standard InChI is InChI=1S/C20H15BrN2O3S/c1-26-20-15(12-22)11-18(13-5-9-17(10-6-13)27(2,24)25)19(23-20)14-3-7-16(21)8-4-14/h3-11H,1-2H3. The highest BCUT2D eigenvalue weighted by atomic mass is 79.9. The lowest BCUT2D eigenvalue weighted by molar-refractivity contribution is 0.397. The highest BCUT2D eigenvalue weighted by Crippen LogP contribution is 2.35. The molecule has 3 rings (SSSR count). The van der Waals surface area contributed by atoms with Crippen LogP contribution in [0.2, 0.25) is 0 Å². The molecule has 7 heteroatoms. The Balaban J connectivity index is 2.24. The van der Waals surface area contributed by atoms with Gasteiger partial charge in [0.15, 0.2) is 9.84 Å². The predicted octanol–water partition coefficient (Wildman–Crippen LogP) is 4.46. The second kappa shape index (κ2) is 7.51. The Morgan fingerprint density at radius 3 is 2.15 bits per heavy atom. The molecule has 0 unspecified atom stereocenters. The molecule has 0 saturated carbocycles. The smallest absolute Gasteiger partial charge is 0.232 e. The van der Waals surface area contributed by atoms with Gasteiger partial charge >= 0.3 is 0 Å². The topological polar surface area (TPSA) is 80.0 Å². The summed E-state index contributed by atoms with van der Waals surface area (Å²) in [5.74, 6) is 0.243. The van der Waals surface area contributed by atoms with Crippen LogP contribution in [-0.4, -0.2) is 26.8 Å². The van der Waals surface area contributed by atoms with Crippen LogP contribution >= 0.6 is 15.9 Å². The molecule has 0 aliphatic rings. The van der Waals surface area contributed by atoms with E-state index in [1.54, 1.807) is 30.3 Å². The number of pyridine rings is 1. The molecule has 0 aliphatic carbocycles. The molecular weight excluding hydrogens is 428 g/mol. The van der Waals surface area contributed by atoms with Crippen LogP contribution in [0.1, 0.15) is 5.56 Å². The number of nitriles is 1. The van der Waals surface area contributed by atoms with E-state index >= 15 is 0 Å². The van der Waals surface area contributed by atoms with Crippen molar-refractivity contribution in [3.63, 3.8) is 0 Å². The average Bonchev–Trinajstić information content (AvgIpc) is 2.67. The maximum Gasteiger partial charge on any atom is 0.232 e. The number of benzene rings is 2. The van der Waals surface area contributed by atoms with Gasteiger partial charge in [0.05, 0.1) is 17.7 Å². The summed E-state index contributed by atoms with van der Waals surface area (Å²) < 4.78 is 29.6. The Labute approximate surface area is 166 Å². The summed E-state index contributed by atoms with van der Waals surface area (Å²) >= 11 is 3.41. The molecule has 0 atom stereocenters. The van der Waals surface area contributed by atoms with Crippen LogP contribution in [0.25, 0.3) is 22.4 Å². The third-order valence-corrected chi connectivity index (χ3v) is 5.67. The van der Waals surface area contributed by atoms with Crippen LogP contribution in [0, 0.1) is 11.3 Å². The van der Waals surface area contributed by atoms with E-state index in [1.807, 2.05) is 24.3 Å². The molecule has 0 fully saturated rings. The fourth-order valence-electron chi connectivity index (χ4n) is 2.66. The van der Waals surface area contributed by atoms with E-state index in [-0.39, 0.29) is 10.8 Å². The summed E-state index contributed by atoms with van der Waals surface area (Å²) in [4.78, 5) is 4.77. The molecule has 0 radical (unpaired) electrons. The molecule has 0 saturated heterocycles. The number of hydrogen-bond donors (Lipinski definition) is 0. The lowest BCUT2D eigenvalue weighted by Gasteiger charge is -2.13. The first-order valence-electron chi connectivity index (χ1n) is 7.89. The van der Waals surface area contributed by atoms with E-state index in [1.165, 1.54) is 7.11 Å². The molecule has 0 N–H and O–H groups in total. The van der Waals surface area contributed by atoms with Gasteiger partial charge in [-0.2, -0.15) is 5.26 Å². The van der Waals surface area contributed by atoms with Crippen LogP contribution in [0.3, 0.4) is 0 Å². The van der Waals surface area contributed by atoms with Gasteiger partial charge in [-0.15, -0.1) is 0 Å². The molecular formula is C20H15BrN2O3S. The number of aromatic nitrogens is 1. The molecule has 136 valence electrons. The molecule has 2 aromatic carbocycles. The van der Waals surface area contributed by atoms with Crippen molar-refractivity contribution >= 4 is 25.8 Å². The van der Waals surface area contributed by atoms with Gasteiger partial charge in [0.25, 0.3) is 0 Å². The number of halogens is 1. The van der Waals surface area contributed by atoms with Crippen LogP contribution in [-0.2, 0) is 9.84 Å².